The first kappa shape index (κ1) is 21.0. The van der Waals surface area contributed by atoms with Gasteiger partial charge in [-0.05, 0) is 44.4 Å². The fourth-order valence-corrected chi connectivity index (χ4v) is 3.80. The van der Waals surface area contributed by atoms with Gasteiger partial charge in [-0.15, -0.1) is 0 Å². The van der Waals surface area contributed by atoms with Gasteiger partial charge in [-0.3, -0.25) is 9.48 Å². The zero-order valence-electron chi connectivity index (χ0n) is 17.5. The van der Waals surface area contributed by atoms with Gasteiger partial charge < -0.3 is 14.8 Å². The van der Waals surface area contributed by atoms with Crippen molar-refractivity contribution in [3.05, 3.63) is 51.8 Å². The van der Waals surface area contributed by atoms with Crippen molar-refractivity contribution in [3.63, 3.8) is 0 Å². The average Bonchev–Trinajstić information content (AvgIpc) is 3.05. The fourth-order valence-electron chi connectivity index (χ4n) is 3.80. The second-order valence-corrected chi connectivity index (χ2v) is 7.49. The van der Waals surface area contributed by atoms with Crippen LogP contribution in [-0.2, 0) is 28.9 Å². The summed E-state index contributed by atoms with van der Waals surface area (Å²) in [5.74, 6) is -0.124. The van der Waals surface area contributed by atoms with Crippen LogP contribution in [0.4, 0.5) is 0 Å². The molecule has 0 unspecified atom stereocenters. The lowest BCUT2D eigenvalue weighted by Crippen LogP contribution is -2.30. The number of fused-ring (bicyclic) bond motifs is 1. The number of carbonyl (C=O) groups is 1. The molecule has 0 saturated carbocycles. The first-order chi connectivity index (χ1) is 13.9. The number of amides is 1. The van der Waals surface area contributed by atoms with Crippen LogP contribution in [0.15, 0.2) is 18.2 Å². The van der Waals surface area contributed by atoms with Crippen molar-refractivity contribution in [1.29, 1.82) is 5.26 Å². The molecule has 1 aromatic carbocycles. The number of nitrogens with zero attached hydrogens (tertiary/aromatic N) is 3. The SMILES string of the molecule is COCCn1nc2c(c1C(=O)NCCc1ccc(C#N)c(C)c1)C[C@H](C)O[C@@H]2C. The monoisotopic (exact) mass is 396 g/mol. The molecule has 2 heterocycles. The van der Waals surface area contributed by atoms with Crippen molar-refractivity contribution in [2.24, 2.45) is 0 Å². The lowest BCUT2D eigenvalue weighted by molar-refractivity contribution is -0.00716. The molecule has 0 saturated heterocycles. The molecule has 7 nitrogen and oxygen atoms in total. The van der Waals surface area contributed by atoms with Crippen molar-refractivity contribution >= 4 is 5.91 Å². The van der Waals surface area contributed by atoms with Crippen LogP contribution in [0, 0.1) is 18.3 Å². The fraction of sp³-hybridized carbons (Fsp3) is 0.500. The van der Waals surface area contributed by atoms with Gasteiger partial charge in [0, 0.05) is 25.6 Å². The summed E-state index contributed by atoms with van der Waals surface area (Å²) in [6.07, 6.45) is 1.28. The molecular formula is C22H28N4O3. The van der Waals surface area contributed by atoms with Crippen molar-refractivity contribution in [1.82, 2.24) is 15.1 Å². The number of ether oxygens (including phenoxy) is 2. The lowest BCUT2D eigenvalue weighted by atomic mass is 9.99. The van der Waals surface area contributed by atoms with E-state index in [1.54, 1.807) is 11.8 Å². The summed E-state index contributed by atoms with van der Waals surface area (Å²) in [6.45, 7) is 7.41. The summed E-state index contributed by atoms with van der Waals surface area (Å²) < 4.78 is 12.8. The first-order valence-corrected chi connectivity index (χ1v) is 9.96. The highest BCUT2D eigenvalue weighted by atomic mass is 16.5. The third-order valence-corrected chi connectivity index (χ3v) is 5.23. The maximum absolute atomic E-state index is 13.0. The molecule has 2 aromatic rings. The predicted molar refractivity (Wildman–Crippen MR) is 109 cm³/mol. The lowest BCUT2D eigenvalue weighted by Gasteiger charge is -2.24. The summed E-state index contributed by atoms with van der Waals surface area (Å²) in [4.78, 5) is 13.0. The molecule has 1 N–H and O–H groups in total. The summed E-state index contributed by atoms with van der Waals surface area (Å²) in [5, 5.41) is 16.7. The van der Waals surface area contributed by atoms with E-state index in [0.717, 1.165) is 22.4 Å². The summed E-state index contributed by atoms with van der Waals surface area (Å²) in [6, 6.07) is 7.93. The van der Waals surface area contributed by atoms with Gasteiger partial charge in [0.05, 0.1) is 42.7 Å². The molecule has 1 aromatic heterocycles. The number of aromatic nitrogens is 2. The van der Waals surface area contributed by atoms with Gasteiger partial charge in [-0.1, -0.05) is 12.1 Å². The first-order valence-electron chi connectivity index (χ1n) is 9.96. The number of benzene rings is 1. The third-order valence-electron chi connectivity index (χ3n) is 5.23. The van der Waals surface area contributed by atoms with E-state index < -0.39 is 0 Å². The number of hydrogen-bond acceptors (Lipinski definition) is 5. The molecule has 3 rings (SSSR count). The number of rotatable bonds is 7. The van der Waals surface area contributed by atoms with Gasteiger partial charge >= 0.3 is 0 Å². The van der Waals surface area contributed by atoms with Gasteiger partial charge in [0.2, 0.25) is 0 Å². The second kappa shape index (κ2) is 9.21. The largest absolute Gasteiger partial charge is 0.383 e. The molecule has 2 atom stereocenters. The van der Waals surface area contributed by atoms with Crippen LogP contribution in [0.3, 0.4) is 0 Å². The van der Waals surface area contributed by atoms with Gasteiger partial charge in [-0.25, -0.2) is 0 Å². The van der Waals surface area contributed by atoms with E-state index in [1.807, 2.05) is 39.0 Å². The van der Waals surface area contributed by atoms with E-state index in [1.165, 1.54) is 0 Å². The van der Waals surface area contributed by atoms with Gasteiger partial charge in [0.1, 0.15) is 5.69 Å². The van der Waals surface area contributed by atoms with E-state index in [9.17, 15) is 4.79 Å². The Morgan fingerprint density at radius 3 is 2.93 bits per heavy atom. The van der Waals surface area contributed by atoms with Gasteiger partial charge in [0.15, 0.2) is 0 Å². The van der Waals surface area contributed by atoms with Crippen LogP contribution < -0.4 is 5.32 Å². The number of hydrogen-bond donors (Lipinski definition) is 1. The quantitative estimate of drug-likeness (QED) is 0.777. The van der Waals surface area contributed by atoms with Crippen molar-refractivity contribution < 1.29 is 14.3 Å². The molecule has 0 fully saturated rings. The molecule has 7 heteroatoms. The number of carbonyl (C=O) groups excluding carboxylic acids is 1. The highest BCUT2D eigenvalue weighted by molar-refractivity contribution is 5.94. The molecule has 0 spiro atoms. The number of methoxy groups -OCH3 is 1. The molecular weight excluding hydrogens is 368 g/mol. The van der Waals surface area contributed by atoms with Gasteiger partial charge in [0.25, 0.3) is 5.91 Å². The number of aryl methyl sites for hydroxylation is 1. The zero-order valence-corrected chi connectivity index (χ0v) is 17.5. The summed E-state index contributed by atoms with van der Waals surface area (Å²) in [5.41, 5.74) is 5.14. The third kappa shape index (κ3) is 4.66. The minimum Gasteiger partial charge on any atom is -0.383 e. The number of nitriles is 1. The summed E-state index contributed by atoms with van der Waals surface area (Å²) in [7, 11) is 1.64. The highest BCUT2D eigenvalue weighted by Gasteiger charge is 2.31. The van der Waals surface area contributed by atoms with Crippen molar-refractivity contribution in [2.75, 3.05) is 20.3 Å². The average molecular weight is 396 g/mol. The highest BCUT2D eigenvalue weighted by Crippen LogP contribution is 2.31. The molecule has 1 amide bonds. The Labute approximate surface area is 171 Å². The second-order valence-electron chi connectivity index (χ2n) is 7.49. The van der Waals surface area contributed by atoms with E-state index in [2.05, 4.69) is 16.5 Å². The van der Waals surface area contributed by atoms with Crippen LogP contribution in [0.25, 0.3) is 0 Å². The Balaban J connectivity index is 1.74. The summed E-state index contributed by atoms with van der Waals surface area (Å²) >= 11 is 0. The molecule has 0 radical (unpaired) electrons. The Kier molecular flexibility index (Phi) is 6.68. The van der Waals surface area contributed by atoms with Crippen molar-refractivity contribution in [3.8, 4) is 6.07 Å². The standard InChI is InChI=1S/C22H28N4O3/c1-14-11-17(5-6-18(14)13-23)7-8-24-22(27)21-19-12-15(2)29-16(3)20(19)25-26(21)9-10-28-4/h5-6,11,15-16H,7-10,12H2,1-4H3,(H,24,27)/t15-,16+/m0/s1. The Bertz CT molecular complexity index is 929. The van der Waals surface area contributed by atoms with E-state index in [4.69, 9.17) is 14.7 Å². The molecule has 154 valence electrons. The van der Waals surface area contributed by atoms with E-state index in [0.29, 0.717) is 43.8 Å². The smallest absolute Gasteiger partial charge is 0.269 e. The Morgan fingerprint density at radius 2 is 2.24 bits per heavy atom. The minimum absolute atomic E-state index is 0.0470. The minimum atomic E-state index is -0.134. The maximum atomic E-state index is 13.0. The van der Waals surface area contributed by atoms with Crippen LogP contribution in [0.5, 0.6) is 0 Å². The number of nitrogens with one attached hydrogen (secondary N) is 1. The molecule has 1 aliphatic rings. The normalized spacial score (nSPS) is 18.2. The predicted octanol–water partition coefficient (Wildman–Crippen LogP) is 2.70. The van der Waals surface area contributed by atoms with E-state index >= 15 is 0 Å². The van der Waals surface area contributed by atoms with Crippen LogP contribution in [0.1, 0.15) is 58.4 Å². The molecule has 0 bridgehead atoms. The Hall–Kier alpha value is -2.69. The maximum Gasteiger partial charge on any atom is 0.269 e. The molecule has 0 aliphatic carbocycles. The zero-order chi connectivity index (χ0) is 21.0. The Morgan fingerprint density at radius 1 is 1.45 bits per heavy atom. The molecule has 29 heavy (non-hydrogen) atoms. The molecule has 1 aliphatic heterocycles. The van der Waals surface area contributed by atoms with Crippen LogP contribution in [-0.4, -0.2) is 42.1 Å². The van der Waals surface area contributed by atoms with Crippen LogP contribution >= 0.6 is 0 Å². The van der Waals surface area contributed by atoms with Crippen molar-refractivity contribution in [2.45, 2.75) is 52.4 Å². The van der Waals surface area contributed by atoms with Gasteiger partial charge in [-0.2, -0.15) is 10.4 Å². The van der Waals surface area contributed by atoms with E-state index in [-0.39, 0.29) is 18.1 Å². The topological polar surface area (TPSA) is 89.2 Å². The van der Waals surface area contributed by atoms with Crippen LogP contribution in [0.2, 0.25) is 0 Å².